The zero-order valence-electron chi connectivity index (χ0n) is 15.1. The lowest BCUT2D eigenvalue weighted by molar-refractivity contribution is -0.135. The first-order valence-corrected chi connectivity index (χ1v) is 10.9. The van der Waals surface area contributed by atoms with E-state index in [0.29, 0.717) is 44.8 Å². The Morgan fingerprint density at radius 3 is 2.46 bits per heavy atom. The normalized spacial score (nSPS) is 21.7. The second kappa shape index (κ2) is 8.06. The van der Waals surface area contributed by atoms with Crippen molar-refractivity contribution >= 4 is 15.9 Å². The third-order valence-electron chi connectivity index (χ3n) is 5.68. The number of hydrogen-bond acceptors (Lipinski definition) is 6. The number of aromatic nitrogens is 1. The minimum Gasteiger partial charge on any atom is -0.364 e. The summed E-state index contributed by atoms with van der Waals surface area (Å²) in [5, 5.41) is 3.66. The zero-order chi connectivity index (χ0) is 18.6. The lowest BCUT2D eigenvalue weighted by Crippen LogP contribution is -2.52. The van der Waals surface area contributed by atoms with Gasteiger partial charge in [-0.05, 0) is 24.8 Å². The number of carbonyl (C=O) groups excluding carboxylic acids is 1. The maximum Gasteiger partial charge on any atom is 0.223 e. The van der Waals surface area contributed by atoms with Crippen LogP contribution in [0.5, 0.6) is 0 Å². The number of nitrogens with zero attached hydrogens (tertiary/aromatic N) is 3. The number of rotatable bonds is 6. The number of carbonyl (C=O) groups is 1. The van der Waals surface area contributed by atoms with Crippen LogP contribution in [0.4, 0.5) is 0 Å². The van der Waals surface area contributed by atoms with Crippen LogP contribution in [0.15, 0.2) is 16.9 Å². The third-order valence-corrected chi connectivity index (χ3v) is 7.49. The highest BCUT2D eigenvalue weighted by Gasteiger charge is 2.36. The SMILES string of the molecule is NCC1(CC(=O)N2CCN(S(=O)(=O)Cc3ccon3)CC2)CCCCC1. The van der Waals surface area contributed by atoms with Gasteiger partial charge in [-0.1, -0.05) is 24.4 Å². The van der Waals surface area contributed by atoms with Crippen molar-refractivity contribution in [2.75, 3.05) is 32.7 Å². The molecule has 0 unspecified atom stereocenters. The number of sulfonamides is 1. The van der Waals surface area contributed by atoms with Crippen molar-refractivity contribution in [2.24, 2.45) is 11.1 Å². The first-order valence-electron chi connectivity index (χ1n) is 9.29. The summed E-state index contributed by atoms with van der Waals surface area (Å²) in [5.41, 5.74) is 6.32. The highest BCUT2D eigenvalue weighted by atomic mass is 32.2. The van der Waals surface area contributed by atoms with Crippen LogP contribution in [0, 0.1) is 5.41 Å². The van der Waals surface area contributed by atoms with Crippen molar-refractivity contribution in [2.45, 2.75) is 44.3 Å². The third kappa shape index (κ3) is 4.44. The van der Waals surface area contributed by atoms with Gasteiger partial charge in [0.2, 0.25) is 15.9 Å². The monoisotopic (exact) mass is 384 g/mol. The fourth-order valence-corrected chi connectivity index (χ4v) is 5.42. The zero-order valence-corrected chi connectivity index (χ0v) is 15.9. The maximum absolute atomic E-state index is 12.7. The van der Waals surface area contributed by atoms with Crippen molar-refractivity contribution in [3.63, 3.8) is 0 Å². The highest BCUT2D eigenvalue weighted by molar-refractivity contribution is 7.88. The molecule has 26 heavy (non-hydrogen) atoms. The van der Waals surface area contributed by atoms with Crippen LogP contribution in [-0.4, -0.2) is 61.4 Å². The number of hydrogen-bond donors (Lipinski definition) is 1. The van der Waals surface area contributed by atoms with E-state index in [1.165, 1.54) is 17.0 Å². The average molecular weight is 385 g/mol. The Hall–Kier alpha value is -1.45. The van der Waals surface area contributed by atoms with Crippen molar-refractivity contribution in [3.05, 3.63) is 18.0 Å². The molecule has 1 aromatic heterocycles. The van der Waals surface area contributed by atoms with Gasteiger partial charge in [0.15, 0.2) is 0 Å². The maximum atomic E-state index is 12.7. The summed E-state index contributed by atoms with van der Waals surface area (Å²) in [6.45, 7) is 2.04. The molecular formula is C17H28N4O4S. The van der Waals surface area contributed by atoms with Gasteiger partial charge in [-0.2, -0.15) is 4.31 Å². The molecule has 9 heteroatoms. The van der Waals surface area contributed by atoms with Crippen LogP contribution >= 0.6 is 0 Å². The molecule has 1 saturated carbocycles. The molecule has 2 N–H and O–H groups in total. The first kappa shape index (κ1) is 19.3. The highest BCUT2D eigenvalue weighted by Crippen LogP contribution is 2.38. The van der Waals surface area contributed by atoms with E-state index in [9.17, 15) is 13.2 Å². The Morgan fingerprint density at radius 1 is 1.19 bits per heavy atom. The molecule has 8 nitrogen and oxygen atoms in total. The van der Waals surface area contributed by atoms with E-state index in [2.05, 4.69) is 5.16 Å². The summed E-state index contributed by atoms with van der Waals surface area (Å²) in [4.78, 5) is 14.5. The molecule has 0 radical (unpaired) electrons. The van der Waals surface area contributed by atoms with E-state index in [1.807, 2.05) is 0 Å². The van der Waals surface area contributed by atoms with Crippen molar-refractivity contribution in [3.8, 4) is 0 Å². The summed E-state index contributed by atoms with van der Waals surface area (Å²) in [7, 11) is -3.45. The van der Waals surface area contributed by atoms with Gasteiger partial charge in [0.05, 0.1) is 5.69 Å². The smallest absolute Gasteiger partial charge is 0.223 e. The minimum absolute atomic E-state index is 0.0640. The Labute approximate surface area is 154 Å². The molecule has 2 heterocycles. The van der Waals surface area contributed by atoms with E-state index in [-0.39, 0.29) is 17.1 Å². The van der Waals surface area contributed by atoms with E-state index < -0.39 is 10.0 Å². The minimum atomic E-state index is -3.45. The van der Waals surface area contributed by atoms with E-state index >= 15 is 0 Å². The predicted octanol–water partition coefficient (Wildman–Crippen LogP) is 0.948. The summed E-state index contributed by atoms with van der Waals surface area (Å²) < 4.78 is 31.1. The van der Waals surface area contributed by atoms with E-state index in [1.54, 1.807) is 11.0 Å². The van der Waals surface area contributed by atoms with Crippen molar-refractivity contribution in [1.82, 2.24) is 14.4 Å². The summed E-state index contributed by atoms with van der Waals surface area (Å²) >= 11 is 0. The van der Waals surface area contributed by atoms with Crippen LogP contribution < -0.4 is 5.73 Å². The van der Waals surface area contributed by atoms with Crippen LogP contribution in [0.2, 0.25) is 0 Å². The Balaban J connectivity index is 1.53. The molecule has 0 aromatic carbocycles. The molecule has 0 bridgehead atoms. The van der Waals surface area contributed by atoms with Crippen LogP contribution in [0.3, 0.4) is 0 Å². The molecule has 146 valence electrons. The van der Waals surface area contributed by atoms with E-state index in [4.69, 9.17) is 10.3 Å². The van der Waals surface area contributed by atoms with Crippen molar-refractivity contribution in [1.29, 1.82) is 0 Å². The molecule has 1 aliphatic heterocycles. The van der Waals surface area contributed by atoms with Crippen molar-refractivity contribution < 1.29 is 17.7 Å². The van der Waals surface area contributed by atoms with Gasteiger partial charge in [0.25, 0.3) is 0 Å². The standard InChI is InChI=1S/C17H28N4O4S/c18-14-17(5-2-1-3-6-17)12-16(22)20-7-9-21(10-8-20)26(23,24)13-15-4-11-25-19-15/h4,11H,1-3,5-10,12-14,18H2. The van der Waals surface area contributed by atoms with Gasteiger partial charge in [-0.3, -0.25) is 4.79 Å². The summed E-state index contributed by atoms with van der Waals surface area (Å²) in [6.07, 6.45) is 7.37. The second-order valence-electron chi connectivity index (χ2n) is 7.47. The van der Waals surface area contributed by atoms with Gasteiger partial charge in [-0.15, -0.1) is 0 Å². The summed E-state index contributed by atoms with van der Waals surface area (Å²) in [5.74, 6) is -0.0702. The Bertz CT molecular complexity index is 690. The quantitative estimate of drug-likeness (QED) is 0.782. The van der Waals surface area contributed by atoms with Gasteiger partial charge in [0, 0.05) is 38.7 Å². The number of nitrogens with two attached hydrogens (primary N) is 1. The van der Waals surface area contributed by atoms with Gasteiger partial charge < -0.3 is 15.2 Å². The van der Waals surface area contributed by atoms with Gasteiger partial charge >= 0.3 is 0 Å². The van der Waals surface area contributed by atoms with Gasteiger partial charge in [0.1, 0.15) is 12.0 Å². The molecule has 2 fully saturated rings. The van der Waals surface area contributed by atoms with E-state index in [0.717, 1.165) is 25.7 Å². The molecule has 1 amide bonds. The lowest BCUT2D eigenvalue weighted by Gasteiger charge is -2.39. The Kier molecular flexibility index (Phi) is 5.99. The fourth-order valence-electron chi connectivity index (χ4n) is 3.99. The molecule has 2 aliphatic rings. The average Bonchev–Trinajstić information content (AvgIpc) is 3.15. The van der Waals surface area contributed by atoms with Gasteiger partial charge in [-0.25, -0.2) is 8.42 Å². The van der Waals surface area contributed by atoms with Crippen LogP contribution in [0.1, 0.15) is 44.2 Å². The number of amides is 1. The van der Waals surface area contributed by atoms with Crippen LogP contribution in [0.25, 0.3) is 0 Å². The predicted molar refractivity (Wildman–Crippen MR) is 96.5 cm³/mol. The molecule has 3 rings (SSSR count). The number of piperazine rings is 1. The van der Waals surface area contributed by atoms with Crippen LogP contribution in [-0.2, 0) is 20.6 Å². The molecule has 1 saturated heterocycles. The largest absolute Gasteiger partial charge is 0.364 e. The molecular weight excluding hydrogens is 356 g/mol. The Morgan fingerprint density at radius 2 is 1.88 bits per heavy atom. The second-order valence-corrected chi connectivity index (χ2v) is 9.44. The summed E-state index contributed by atoms with van der Waals surface area (Å²) in [6, 6.07) is 1.55. The molecule has 0 spiro atoms. The fraction of sp³-hybridized carbons (Fsp3) is 0.765. The molecule has 0 atom stereocenters. The topological polar surface area (TPSA) is 110 Å². The first-order chi connectivity index (χ1) is 12.4. The molecule has 1 aliphatic carbocycles. The molecule has 1 aromatic rings. The lowest BCUT2D eigenvalue weighted by atomic mass is 9.71.